The topological polar surface area (TPSA) is 134 Å². The van der Waals surface area contributed by atoms with E-state index in [0.717, 1.165) is 50.5 Å². The SMILES string of the molecule is CCCCCCCCCOC(=O)[C@H](C)CP(=O)(N[C@@H](Cc1ccccc1)C(=O)OCCCCCCCCC)Oc1ccc([N+](=O)[O-])cc1. The minimum atomic E-state index is -3.98. The fourth-order valence-electron chi connectivity index (χ4n) is 5.33. The van der Waals surface area contributed by atoms with Crippen LogP contribution in [-0.4, -0.2) is 42.3 Å². The van der Waals surface area contributed by atoms with Gasteiger partial charge in [0.15, 0.2) is 0 Å². The fraction of sp³-hybridized carbons (Fsp3) is 0.622. The van der Waals surface area contributed by atoms with Crippen molar-refractivity contribution in [1.82, 2.24) is 5.09 Å². The molecule has 3 atom stereocenters. The molecule has 11 heteroatoms. The van der Waals surface area contributed by atoms with Crippen LogP contribution in [0.3, 0.4) is 0 Å². The summed E-state index contributed by atoms with van der Waals surface area (Å²) in [5, 5.41) is 14.1. The minimum absolute atomic E-state index is 0.106. The quantitative estimate of drug-likeness (QED) is 0.0320. The second-order valence-corrected chi connectivity index (χ2v) is 14.7. The largest absolute Gasteiger partial charge is 0.465 e. The predicted molar refractivity (Wildman–Crippen MR) is 190 cm³/mol. The molecule has 0 heterocycles. The summed E-state index contributed by atoms with van der Waals surface area (Å²) in [5.74, 6) is -1.77. The average molecular weight is 689 g/mol. The lowest BCUT2D eigenvalue weighted by atomic mass is 10.1. The number of hydrogen-bond donors (Lipinski definition) is 1. The van der Waals surface area contributed by atoms with E-state index in [2.05, 4.69) is 18.9 Å². The van der Waals surface area contributed by atoms with Gasteiger partial charge >= 0.3 is 19.5 Å². The Labute approximate surface area is 287 Å². The highest BCUT2D eigenvalue weighted by atomic mass is 31.2. The van der Waals surface area contributed by atoms with E-state index in [1.54, 1.807) is 6.92 Å². The van der Waals surface area contributed by atoms with Crippen LogP contribution in [0, 0.1) is 16.0 Å². The first kappa shape index (κ1) is 40.9. The van der Waals surface area contributed by atoms with Crippen molar-refractivity contribution >= 4 is 25.1 Å². The number of ether oxygens (including phenoxy) is 2. The fourth-order valence-corrected chi connectivity index (χ4v) is 7.56. The first-order valence-corrected chi connectivity index (χ1v) is 19.7. The van der Waals surface area contributed by atoms with Crippen LogP contribution >= 0.6 is 7.52 Å². The average Bonchev–Trinajstić information content (AvgIpc) is 3.07. The Bertz CT molecular complexity index is 1240. The number of nitrogens with zero attached hydrogens (tertiary/aromatic N) is 1. The zero-order chi connectivity index (χ0) is 35.0. The number of rotatable bonds is 27. The third-order valence-corrected chi connectivity index (χ3v) is 10.4. The maximum atomic E-state index is 14.5. The van der Waals surface area contributed by atoms with Crippen LogP contribution in [-0.2, 0) is 30.0 Å². The molecule has 0 aromatic heterocycles. The Balaban J connectivity index is 2.14. The van der Waals surface area contributed by atoms with Crippen molar-refractivity contribution in [2.45, 2.75) is 123 Å². The number of carbonyl (C=O) groups excluding carboxylic acids is 2. The van der Waals surface area contributed by atoms with Gasteiger partial charge < -0.3 is 14.0 Å². The van der Waals surface area contributed by atoms with Gasteiger partial charge in [0, 0.05) is 12.1 Å². The zero-order valence-corrected chi connectivity index (χ0v) is 30.1. The van der Waals surface area contributed by atoms with Crippen molar-refractivity contribution in [2.24, 2.45) is 5.92 Å². The smallest absolute Gasteiger partial charge is 0.323 e. The molecule has 0 spiro atoms. The van der Waals surface area contributed by atoms with Gasteiger partial charge in [-0.2, -0.15) is 0 Å². The monoisotopic (exact) mass is 688 g/mol. The summed E-state index contributed by atoms with van der Waals surface area (Å²) in [5.41, 5.74) is 0.676. The van der Waals surface area contributed by atoms with E-state index in [1.165, 1.54) is 69.2 Å². The summed E-state index contributed by atoms with van der Waals surface area (Å²) in [6.45, 7) is 6.50. The van der Waals surface area contributed by atoms with Gasteiger partial charge in [-0.1, -0.05) is 128 Å². The van der Waals surface area contributed by atoms with Crippen molar-refractivity contribution in [3.05, 3.63) is 70.3 Å². The van der Waals surface area contributed by atoms with Gasteiger partial charge in [-0.25, -0.2) is 5.09 Å². The van der Waals surface area contributed by atoms with Crippen molar-refractivity contribution < 1.29 is 33.1 Å². The molecule has 0 radical (unpaired) electrons. The molecule has 0 saturated carbocycles. The number of nitrogens with one attached hydrogen (secondary N) is 1. The third kappa shape index (κ3) is 17.3. The summed E-state index contributed by atoms with van der Waals surface area (Å²) in [4.78, 5) is 37.1. The Morgan fingerprint density at radius 2 is 1.25 bits per heavy atom. The number of benzene rings is 2. The summed E-state index contributed by atoms with van der Waals surface area (Å²) >= 11 is 0. The van der Waals surface area contributed by atoms with E-state index in [-0.39, 0.29) is 37.2 Å². The van der Waals surface area contributed by atoms with E-state index < -0.39 is 36.3 Å². The summed E-state index contributed by atoms with van der Waals surface area (Å²) in [7, 11) is -3.98. The van der Waals surface area contributed by atoms with E-state index >= 15 is 0 Å². The van der Waals surface area contributed by atoms with Gasteiger partial charge in [0.05, 0.1) is 30.2 Å². The van der Waals surface area contributed by atoms with Crippen LogP contribution < -0.4 is 9.61 Å². The highest BCUT2D eigenvalue weighted by molar-refractivity contribution is 7.57. The van der Waals surface area contributed by atoms with Gasteiger partial charge in [-0.15, -0.1) is 0 Å². The summed E-state index contributed by atoms with van der Waals surface area (Å²) < 4.78 is 31.7. The number of hydrogen-bond acceptors (Lipinski definition) is 8. The molecule has 0 bridgehead atoms. The first-order chi connectivity index (χ1) is 23.2. The Morgan fingerprint density at radius 3 is 1.77 bits per heavy atom. The second kappa shape index (κ2) is 24.0. The molecular weight excluding hydrogens is 631 g/mol. The van der Waals surface area contributed by atoms with Crippen LogP contribution in [0.4, 0.5) is 5.69 Å². The summed E-state index contributed by atoms with van der Waals surface area (Å²) in [6, 6.07) is 13.5. The van der Waals surface area contributed by atoms with Gasteiger partial charge in [-0.3, -0.25) is 24.3 Å². The normalized spacial score (nSPS) is 13.6. The lowest BCUT2D eigenvalue weighted by Crippen LogP contribution is -2.40. The van der Waals surface area contributed by atoms with Crippen molar-refractivity contribution in [3.63, 3.8) is 0 Å². The molecule has 0 aliphatic heterocycles. The molecule has 48 heavy (non-hydrogen) atoms. The standard InChI is InChI=1S/C37H57N2O8P/c1-4-6-8-10-12-14-19-27-45-36(40)31(3)30-48(44,47-34-25-23-33(24-26-34)39(42)43)38-35(29-32-21-17-16-18-22-32)37(41)46-28-20-15-13-11-9-7-5-2/h16-18,21-26,31,35H,4-15,19-20,27-30H2,1-3H3,(H,38,44)/t31-,35+,48?/m1/s1. The molecule has 1 N–H and O–H groups in total. The maximum absolute atomic E-state index is 14.5. The van der Waals surface area contributed by atoms with Crippen LogP contribution in [0.1, 0.15) is 116 Å². The van der Waals surface area contributed by atoms with E-state index in [4.69, 9.17) is 14.0 Å². The molecule has 1 unspecified atom stereocenters. The predicted octanol–water partition coefficient (Wildman–Crippen LogP) is 9.59. The number of nitro benzene ring substituents is 1. The van der Waals surface area contributed by atoms with Gasteiger partial charge in [0.1, 0.15) is 11.8 Å². The highest BCUT2D eigenvalue weighted by Gasteiger charge is 2.36. The molecule has 10 nitrogen and oxygen atoms in total. The molecule has 0 aliphatic rings. The molecule has 0 aliphatic carbocycles. The minimum Gasteiger partial charge on any atom is -0.465 e. The van der Waals surface area contributed by atoms with Crippen LogP contribution in [0.5, 0.6) is 5.75 Å². The second-order valence-electron chi connectivity index (χ2n) is 12.5. The van der Waals surface area contributed by atoms with Crippen LogP contribution in [0.15, 0.2) is 54.6 Å². The van der Waals surface area contributed by atoms with Gasteiger partial charge in [0.25, 0.3) is 5.69 Å². The lowest BCUT2D eigenvalue weighted by molar-refractivity contribution is -0.384. The van der Waals surface area contributed by atoms with E-state index in [0.29, 0.717) is 0 Å². The van der Waals surface area contributed by atoms with Crippen molar-refractivity contribution in [1.29, 1.82) is 0 Å². The molecule has 2 aromatic rings. The number of carbonyl (C=O) groups is 2. The van der Waals surface area contributed by atoms with Gasteiger partial charge in [-0.05, 0) is 37.0 Å². The number of non-ortho nitro benzene ring substituents is 1. The maximum Gasteiger partial charge on any atom is 0.323 e. The Hall–Kier alpha value is -3.23. The molecule has 268 valence electrons. The number of nitro groups is 1. The number of esters is 2. The highest BCUT2D eigenvalue weighted by Crippen LogP contribution is 2.46. The summed E-state index contributed by atoms with van der Waals surface area (Å²) in [6.07, 6.45) is 15.1. The molecule has 0 amide bonds. The molecule has 2 aromatic carbocycles. The van der Waals surface area contributed by atoms with Gasteiger partial charge in [0.2, 0.25) is 0 Å². The van der Waals surface area contributed by atoms with E-state index in [1.807, 2.05) is 30.3 Å². The lowest BCUT2D eigenvalue weighted by Gasteiger charge is -2.27. The molecule has 0 fully saturated rings. The Kier molecular flexibility index (Phi) is 20.5. The third-order valence-electron chi connectivity index (χ3n) is 8.12. The number of unbranched alkanes of at least 4 members (excludes halogenated alkanes) is 12. The van der Waals surface area contributed by atoms with Crippen LogP contribution in [0.2, 0.25) is 0 Å². The van der Waals surface area contributed by atoms with Crippen LogP contribution in [0.25, 0.3) is 0 Å². The van der Waals surface area contributed by atoms with Crippen molar-refractivity contribution in [3.8, 4) is 5.75 Å². The molecular formula is C37H57N2O8P. The van der Waals surface area contributed by atoms with E-state index in [9.17, 15) is 24.3 Å². The van der Waals surface area contributed by atoms with Crippen molar-refractivity contribution in [2.75, 3.05) is 19.4 Å². The molecule has 2 rings (SSSR count). The zero-order valence-electron chi connectivity index (χ0n) is 29.2. The molecule has 0 saturated heterocycles. The Morgan fingerprint density at radius 1 is 0.750 bits per heavy atom. The first-order valence-electron chi connectivity index (χ1n) is 17.9.